The molecule has 3 heterocycles. The van der Waals surface area contributed by atoms with Crippen molar-refractivity contribution in [3.63, 3.8) is 0 Å². The van der Waals surface area contributed by atoms with E-state index in [1.165, 1.54) is 0 Å². The molecule has 0 bridgehead atoms. The van der Waals surface area contributed by atoms with Gasteiger partial charge in [-0.1, -0.05) is 0 Å². The summed E-state index contributed by atoms with van der Waals surface area (Å²) in [4.78, 5) is 4.40. The highest BCUT2D eigenvalue weighted by Gasteiger charge is 2.25. The fourth-order valence-electron chi connectivity index (χ4n) is 2.88. The van der Waals surface area contributed by atoms with Crippen molar-refractivity contribution in [3.8, 4) is 29.1 Å². The Bertz CT molecular complexity index is 828. The SMILES string of the molecule is Cc1cc(C#N)c2c(c1)OC(Cc1cc3c(cn1)OCCO3)CO2. The Balaban J connectivity index is 1.53. The van der Waals surface area contributed by atoms with Crippen LogP contribution in [0.5, 0.6) is 23.0 Å². The van der Waals surface area contributed by atoms with Crippen LogP contribution in [0.3, 0.4) is 0 Å². The van der Waals surface area contributed by atoms with Crippen LogP contribution in [0.1, 0.15) is 16.8 Å². The molecule has 1 atom stereocenters. The largest absolute Gasteiger partial charge is 0.486 e. The summed E-state index contributed by atoms with van der Waals surface area (Å²) >= 11 is 0. The van der Waals surface area contributed by atoms with E-state index >= 15 is 0 Å². The molecule has 24 heavy (non-hydrogen) atoms. The number of aryl methyl sites for hydroxylation is 1. The van der Waals surface area contributed by atoms with Crippen LogP contribution >= 0.6 is 0 Å². The Morgan fingerprint density at radius 2 is 1.96 bits per heavy atom. The zero-order valence-corrected chi connectivity index (χ0v) is 13.2. The number of nitrogens with zero attached hydrogens (tertiary/aromatic N) is 2. The molecule has 2 aliphatic heterocycles. The van der Waals surface area contributed by atoms with Crippen LogP contribution in [0.2, 0.25) is 0 Å². The quantitative estimate of drug-likeness (QED) is 0.844. The van der Waals surface area contributed by atoms with Crippen LogP contribution in [0, 0.1) is 18.3 Å². The van der Waals surface area contributed by atoms with Crippen molar-refractivity contribution in [1.29, 1.82) is 5.26 Å². The van der Waals surface area contributed by atoms with E-state index in [1.807, 2.05) is 19.1 Å². The van der Waals surface area contributed by atoms with Crippen LogP contribution in [-0.2, 0) is 6.42 Å². The summed E-state index contributed by atoms with van der Waals surface area (Å²) in [7, 11) is 0. The summed E-state index contributed by atoms with van der Waals surface area (Å²) in [6.45, 7) is 3.39. The van der Waals surface area contributed by atoms with Crippen LogP contribution in [0.4, 0.5) is 0 Å². The molecule has 1 aromatic heterocycles. The van der Waals surface area contributed by atoms with Gasteiger partial charge in [-0.15, -0.1) is 0 Å². The van der Waals surface area contributed by atoms with Crippen LogP contribution in [-0.4, -0.2) is 30.9 Å². The van der Waals surface area contributed by atoms with E-state index in [2.05, 4.69) is 11.1 Å². The van der Waals surface area contributed by atoms with Gasteiger partial charge in [-0.05, 0) is 24.6 Å². The summed E-state index contributed by atoms with van der Waals surface area (Å²) in [5.74, 6) is 2.52. The molecular weight excluding hydrogens is 308 g/mol. The fraction of sp³-hybridized carbons (Fsp3) is 0.333. The average molecular weight is 324 g/mol. The van der Waals surface area contributed by atoms with Crippen molar-refractivity contribution in [2.45, 2.75) is 19.4 Å². The van der Waals surface area contributed by atoms with Crippen molar-refractivity contribution in [1.82, 2.24) is 4.98 Å². The molecule has 0 saturated heterocycles. The maximum Gasteiger partial charge on any atom is 0.179 e. The van der Waals surface area contributed by atoms with E-state index in [-0.39, 0.29) is 6.10 Å². The predicted octanol–water partition coefficient (Wildman–Crippen LogP) is 2.42. The molecule has 6 nitrogen and oxygen atoms in total. The van der Waals surface area contributed by atoms with E-state index in [4.69, 9.17) is 18.9 Å². The standard InChI is InChI=1S/C18H16N2O4/c1-11-4-12(8-19)18-16(5-11)24-14(10-23-18)6-13-7-15-17(9-20-13)22-3-2-21-15/h4-5,7,9,14H,2-3,6,10H2,1H3. The number of hydrogen-bond acceptors (Lipinski definition) is 6. The van der Waals surface area contributed by atoms with Gasteiger partial charge in [0.25, 0.3) is 0 Å². The predicted molar refractivity (Wildman–Crippen MR) is 84.7 cm³/mol. The third kappa shape index (κ3) is 2.69. The lowest BCUT2D eigenvalue weighted by molar-refractivity contribution is 0.0900. The number of hydrogen-bond donors (Lipinski definition) is 0. The molecule has 4 rings (SSSR count). The van der Waals surface area contributed by atoms with Crippen LogP contribution in [0.15, 0.2) is 24.4 Å². The number of aromatic nitrogens is 1. The van der Waals surface area contributed by atoms with Crippen LogP contribution < -0.4 is 18.9 Å². The van der Waals surface area contributed by atoms with Crippen molar-refractivity contribution < 1.29 is 18.9 Å². The van der Waals surface area contributed by atoms with E-state index in [9.17, 15) is 5.26 Å². The van der Waals surface area contributed by atoms with Crippen molar-refractivity contribution in [2.24, 2.45) is 0 Å². The second-order valence-electron chi connectivity index (χ2n) is 5.83. The van der Waals surface area contributed by atoms with Gasteiger partial charge in [0.05, 0.1) is 11.8 Å². The molecule has 122 valence electrons. The summed E-state index contributed by atoms with van der Waals surface area (Å²) in [5.41, 5.74) is 2.32. The zero-order valence-electron chi connectivity index (χ0n) is 13.2. The molecule has 2 aromatic rings. The number of pyridine rings is 1. The fourth-order valence-corrected chi connectivity index (χ4v) is 2.88. The Labute approximate surface area is 139 Å². The highest BCUT2D eigenvalue weighted by atomic mass is 16.6. The third-order valence-electron chi connectivity index (χ3n) is 3.95. The molecule has 0 N–H and O–H groups in total. The molecule has 0 fully saturated rings. The highest BCUT2D eigenvalue weighted by Crippen LogP contribution is 2.37. The first-order chi connectivity index (χ1) is 11.7. The first-order valence-electron chi connectivity index (χ1n) is 7.81. The number of nitriles is 1. The molecule has 0 spiro atoms. The maximum absolute atomic E-state index is 9.21. The number of ether oxygens (including phenoxy) is 4. The van der Waals surface area contributed by atoms with E-state index < -0.39 is 0 Å². The average Bonchev–Trinajstić information content (AvgIpc) is 2.60. The summed E-state index contributed by atoms with van der Waals surface area (Å²) in [6.07, 6.45) is 2.10. The molecule has 1 unspecified atom stereocenters. The van der Waals surface area contributed by atoms with E-state index in [0.717, 1.165) is 11.3 Å². The first kappa shape index (κ1) is 14.6. The van der Waals surface area contributed by atoms with E-state index in [0.29, 0.717) is 54.8 Å². The lowest BCUT2D eigenvalue weighted by Gasteiger charge is -2.27. The Hall–Kier alpha value is -2.94. The van der Waals surface area contributed by atoms with Gasteiger partial charge in [-0.2, -0.15) is 5.26 Å². The minimum absolute atomic E-state index is 0.166. The number of rotatable bonds is 2. The summed E-state index contributed by atoms with van der Waals surface area (Å²) < 4.78 is 22.8. The van der Waals surface area contributed by atoms with Crippen molar-refractivity contribution in [3.05, 3.63) is 41.2 Å². The molecule has 0 amide bonds. The zero-order chi connectivity index (χ0) is 16.5. The van der Waals surface area contributed by atoms with Gasteiger partial charge in [0, 0.05) is 18.2 Å². The van der Waals surface area contributed by atoms with Gasteiger partial charge >= 0.3 is 0 Å². The summed E-state index contributed by atoms with van der Waals surface area (Å²) in [6, 6.07) is 7.71. The lowest BCUT2D eigenvalue weighted by atomic mass is 10.1. The smallest absolute Gasteiger partial charge is 0.179 e. The molecule has 0 aliphatic carbocycles. The second kappa shape index (κ2) is 5.93. The molecular formula is C18H16N2O4. The summed E-state index contributed by atoms with van der Waals surface area (Å²) in [5, 5.41) is 9.21. The van der Waals surface area contributed by atoms with Crippen molar-refractivity contribution in [2.75, 3.05) is 19.8 Å². The first-order valence-corrected chi connectivity index (χ1v) is 7.81. The van der Waals surface area contributed by atoms with Gasteiger partial charge in [-0.25, -0.2) is 0 Å². The lowest BCUT2D eigenvalue weighted by Crippen LogP contribution is -2.31. The molecule has 0 saturated carbocycles. The molecule has 6 heteroatoms. The molecule has 2 aliphatic rings. The Morgan fingerprint density at radius 3 is 2.79 bits per heavy atom. The van der Waals surface area contributed by atoms with Gasteiger partial charge in [-0.3, -0.25) is 4.98 Å². The number of fused-ring (bicyclic) bond motifs is 2. The Kier molecular flexibility index (Phi) is 3.62. The van der Waals surface area contributed by atoms with Gasteiger partial charge in [0.2, 0.25) is 0 Å². The van der Waals surface area contributed by atoms with Gasteiger partial charge < -0.3 is 18.9 Å². The number of benzene rings is 1. The topological polar surface area (TPSA) is 73.6 Å². The molecule has 1 aromatic carbocycles. The van der Waals surface area contributed by atoms with E-state index in [1.54, 1.807) is 12.3 Å². The highest BCUT2D eigenvalue weighted by molar-refractivity contribution is 5.55. The normalized spacial score (nSPS) is 17.9. The minimum atomic E-state index is -0.166. The van der Waals surface area contributed by atoms with Crippen LogP contribution in [0.25, 0.3) is 0 Å². The molecule has 0 radical (unpaired) electrons. The monoisotopic (exact) mass is 324 g/mol. The van der Waals surface area contributed by atoms with Crippen molar-refractivity contribution >= 4 is 0 Å². The third-order valence-corrected chi connectivity index (χ3v) is 3.95. The second-order valence-corrected chi connectivity index (χ2v) is 5.83. The van der Waals surface area contributed by atoms with Gasteiger partial charge in [0.1, 0.15) is 32.0 Å². The maximum atomic E-state index is 9.21. The Morgan fingerprint density at radius 1 is 1.12 bits per heavy atom. The minimum Gasteiger partial charge on any atom is -0.486 e. The van der Waals surface area contributed by atoms with Gasteiger partial charge in [0.15, 0.2) is 23.0 Å².